The molecular weight excluding hydrogens is 473 g/mol. The molecule has 1 amide bonds. The van der Waals surface area contributed by atoms with Crippen molar-refractivity contribution in [2.45, 2.75) is 18.7 Å². The summed E-state index contributed by atoms with van der Waals surface area (Å²) in [6.45, 7) is 7.80. The quantitative estimate of drug-likeness (QED) is 0.447. The zero-order valence-electron chi connectivity index (χ0n) is 16.7. The molecule has 0 radical (unpaired) electrons. The SMILES string of the molecule is C=CCN1C(=O)/C(=C2\SC(C)=C(C)N2c2nccs2)S/C1=N/S(=O)(=O)c1ccccc1. The van der Waals surface area contributed by atoms with Gasteiger partial charge in [0.25, 0.3) is 15.9 Å². The molecule has 0 unspecified atom stereocenters. The van der Waals surface area contributed by atoms with Gasteiger partial charge < -0.3 is 0 Å². The van der Waals surface area contributed by atoms with Gasteiger partial charge in [-0.2, -0.15) is 8.42 Å². The number of carbonyl (C=O) groups is 1. The normalized spacial score (nSPS) is 21.0. The Balaban J connectivity index is 1.80. The lowest BCUT2D eigenvalue weighted by atomic mass is 10.4. The van der Waals surface area contributed by atoms with Crippen LogP contribution in [0.25, 0.3) is 0 Å². The first-order valence-corrected chi connectivity index (χ1v) is 13.1. The lowest BCUT2D eigenvalue weighted by molar-refractivity contribution is -0.121. The predicted molar refractivity (Wildman–Crippen MR) is 128 cm³/mol. The molecule has 7 nitrogen and oxygen atoms in total. The summed E-state index contributed by atoms with van der Waals surface area (Å²) in [4.78, 5) is 22.5. The number of rotatable bonds is 5. The van der Waals surface area contributed by atoms with E-state index in [2.05, 4.69) is 16.0 Å². The van der Waals surface area contributed by atoms with E-state index in [1.165, 1.54) is 40.1 Å². The first-order valence-electron chi connectivity index (χ1n) is 9.13. The van der Waals surface area contributed by atoms with E-state index in [1.807, 2.05) is 24.1 Å². The molecule has 0 aliphatic carbocycles. The highest BCUT2D eigenvalue weighted by Gasteiger charge is 2.40. The van der Waals surface area contributed by atoms with E-state index >= 15 is 0 Å². The van der Waals surface area contributed by atoms with Crippen molar-refractivity contribution in [2.75, 3.05) is 11.4 Å². The Morgan fingerprint density at radius 3 is 2.58 bits per heavy atom. The highest BCUT2D eigenvalue weighted by molar-refractivity contribution is 8.20. The number of amides is 1. The van der Waals surface area contributed by atoms with Crippen molar-refractivity contribution >= 4 is 61.1 Å². The Morgan fingerprint density at radius 2 is 1.94 bits per heavy atom. The number of aromatic nitrogens is 1. The molecule has 0 saturated carbocycles. The van der Waals surface area contributed by atoms with Gasteiger partial charge in [0.2, 0.25) is 0 Å². The summed E-state index contributed by atoms with van der Waals surface area (Å²) in [5, 5.41) is 3.43. The minimum atomic E-state index is -3.97. The number of hydrogen-bond acceptors (Lipinski definition) is 8. The van der Waals surface area contributed by atoms with Gasteiger partial charge in [0.05, 0.1) is 4.90 Å². The zero-order chi connectivity index (χ0) is 22.2. The Morgan fingerprint density at radius 1 is 1.19 bits per heavy atom. The number of sulfonamides is 1. The number of hydrogen-bond donors (Lipinski definition) is 0. The number of thiazole rings is 1. The number of anilines is 1. The van der Waals surface area contributed by atoms with Crippen molar-refractivity contribution in [1.29, 1.82) is 0 Å². The molecule has 1 aromatic heterocycles. The molecule has 2 aromatic rings. The van der Waals surface area contributed by atoms with Crippen LogP contribution in [0.4, 0.5) is 5.13 Å². The lowest BCUT2D eigenvalue weighted by Gasteiger charge is -2.19. The van der Waals surface area contributed by atoms with E-state index in [1.54, 1.807) is 30.5 Å². The lowest BCUT2D eigenvalue weighted by Crippen LogP contribution is -2.30. The fourth-order valence-corrected chi connectivity index (χ4v) is 7.13. The number of thioether (sulfide) groups is 2. The van der Waals surface area contributed by atoms with E-state index < -0.39 is 10.0 Å². The summed E-state index contributed by atoms with van der Waals surface area (Å²) in [6.07, 6.45) is 3.26. The molecule has 0 atom stereocenters. The number of carbonyl (C=O) groups excluding carboxylic acids is 1. The van der Waals surface area contributed by atoms with Crippen LogP contribution >= 0.6 is 34.9 Å². The van der Waals surface area contributed by atoms with Gasteiger partial charge in [-0.3, -0.25) is 14.6 Å². The van der Waals surface area contributed by atoms with Gasteiger partial charge in [-0.15, -0.1) is 22.3 Å². The molecular formula is C20H18N4O3S4. The molecule has 0 spiro atoms. The van der Waals surface area contributed by atoms with E-state index in [0.717, 1.165) is 27.5 Å². The maximum atomic E-state index is 13.3. The van der Waals surface area contributed by atoms with Gasteiger partial charge in [0, 0.05) is 28.7 Å². The second-order valence-electron chi connectivity index (χ2n) is 6.50. The fourth-order valence-electron chi connectivity index (χ4n) is 2.92. The van der Waals surface area contributed by atoms with E-state index in [-0.39, 0.29) is 22.5 Å². The standard InChI is InChI=1S/C20H18N4O3S4/c1-4-11-23-17(25)16(18-24(13(2)14(3)29-18)19-21-10-12-28-19)30-20(23)22-31(26,27)15-8-6-5-7-9-15/h4-10,12H,1,11H2,2-3H3/b18-16+,22-20+. The van der Waals surface area contributed by atoms with E-state index in [0.29, 0.717) is 9.93 Å². The Labute approximate surface area is 193 Å². The average molecular weight is 491 g/mol. The third-order valence-electron chi connectivity index (χ3n) is 4.52. The minimum Gasteiger partial charge on any atom is -0.282 e. The molecule has 4 rings (SSSR count). The first-order chi connectivity index (χ1) is 14.8. The second-order valence-corrected chi connectivity index (χ2v) is 11.2. The van der Waals surface area contributed by atoms with Gasteiger partial charge in [-0.05, 0) is 37.7 Å². The van der Waals surface area contributed by atoms with Crippen LogP contribution in [0.1, 0.15) is 13.8 Å². The van der Waals surface area contributed by atoms with E-state index in [4.69, 9.17) is 0 Å². The van der Waals surface area contributed by atoms with Crippen molar-refractivity contribution in [3.05, 3.63) is 75.1 Å². The zero-order valence-corrected chi connectivity index (χ0v) is 19.9. The summed E-state index contributed by atoms with van der Waals surface area (Å²) >= 11 is 3.99. The summed E-state index contributed by atoms with van der Waals surface area (Å²) in [7, 11) is -3.97. The summed E-state index contributed by atoms with van der Waals surface area (Å²) < 4.78 is 29.6. The maximum Gasteiger partial charge on any atom is 0.284 e. The third-order valence-corrected chi connectivity index (χ3v) is 9.05. The molecule has 0 N–H and O–H groups in total. The van der Waals surface area contributed by atoms with Crippen LogP contribution < -0.4 is 4.90 Å². The Hall–Kier alpha value is -2.34. The van der Waals surface area contributed by atoms with Gasteiger partial charge in [0.1, 0.15) is 9.93 Å². The van der Waals surface area contributed by atoms with E-state index in [9.17, 15) is 13.2 Å². The highest BCUT2D eigenvalue weighted by Crippen LogP contribution is 2.49. The molecule has 1 aromatic carbocycles. The van der Waals surface area contributed by atoms with Gasteiger partial charge in [-0.1, -0.05) is 36.0 Å². The molecule has 2 aliphatic rings. The Bertz CT molecular complexity index is 1230. The molecule has 11 heteroatoms. The summed E-state index contributed by atoms with van der Waals surface area (Å²) in [6, 6.07) is 7.95. The summed E-state index contributed by atoms with van der Waals surface area (Å²) in [5.41, 5.74) is 0.980. The van der Waals surface area contributed by atoms with Crippen LogP contribution in [-0.4, -0.2) is 35.9 Å². The molecule has 31 heavy (non-hydrogen) atoms. The van der Waals surface area contributed by atoms with Crippen LogP contribution in [0.5, 0.6) is 0 Å². The summed E-state index contributed by atoms with van der Waals surface area (Å²) in [5.74, 6) is -0.307. The molecule has 1 fully saturated rings. The minimum absolute atomic E-state index is 0.0724. The number of benzene rings is 1. The first kappa shape index (κ1) is 21.9. The number of allylic oxidation sites excluding steroid dienone is 2. The molecule has 3 heterocycles. The smallest absolute Gasteiger partial charge is 0.282 e. The maximum absolute atomic E-state index is 13.3. The van der Waals surface area contributed by atoms with Gasteiger partial charge in [0.15, 0.2) is 10.3 Å². The molecule has 1 saturated heterocycles. The van der Waals surface area contributed by atoms with Crippen LogP contribution in [0.2, 0.25) is 0 Å². The third kappa shape index (κ3) is 4.10. The fraction of sp³-hybridized carbons (Fsp3) is 0.150. The predicted octanol–water partition coefficient (Wildman–Crippen LogP) is 4.62. The topological polar surface area (TPSA) is 82.9 Å². The average Bonchev–Trinajstić information content (AvgIpc) is 3.44. The number of nitrogens with zero attached hydrogens (tertiary/aromatic N) is 4. The Kier molecular flexibility index (Phi) is 6.11. The van der Waals surface area contributed by atoms with Crippen molar-refractivity contribution in [3.63, 3.8) is 0 Å². The largest absolute Gasteiger partial charge is 0.284 e. The van der Waals surface area contributed by atoms with Crippen molar-refractivity contribution in [3.8, 4) is 0 Å². The molecule has 0 bridgehead atoms. The van der Waals surface area contributed by atoms with Crippen LogP contribution in [0.3, 0.4) is 0 Å². The van der Waals surface area contributed by atoms with Gasteiger partial charge in [-0.25, -0.2) is 4.98 Å². The highest BCUT2D eigenvalue weighted by atomic mass is 32.2. The van der Waals surface area contributed by atoms with Crippen molar-refractivity contribution in [2.24, 2.45) is 4.40 Å². The second kappa shape index (κ2) is 8.65. The monoisotopic (exact) mass is 490 g/mol. The number of amidine groups is 1. The van der Waals surface area contributed by atoms with Crippen LogP contribution in [0.15, 0.2) is 84.4 Å². The molecule has 160 valence electrons. The van der Waals surface area contributed by atoms with Crippen LogP contribution in [0, 0.1) is 0 Å². The van der Waals surface area contributed by atoms with Crippen molar-refractivity contribution < 1.29 is 13.2 Å². The van der Waals surface area contributed by atoms with Crippen LogP contribution in [-0.2, 0) is 14.8 Å². The van der Waals surface area contributed by atoms with Crippen molar-refractivity contribution in [1.82, 2.24) is 9.88 Å². The molecule has 2 aliphatic heterocycles. The van der Waals surface area contributed by atoms with Gasteiger partial charge >= 0.3 is 0 Å².